The number of allylic oxidation sites excluding steroid dienone is 3. The molecule has 0 N–H and O–H groups in total. The van der Waals surface area contributed by atoms with Gasteiger partial charge in [-0.2, -0.15) is 0 Å². The molecule has 0 amide bonds. The van der Waals surface area contributed by atoms with E-state index >= 15 is 0 Å². The summed E-state index contributed by atoms with van der Waals surface area (Å²) in [4.78, 5) is 3.90. The maximum atomic E-state index is 3.90. The Bertz CT molecular complexity index is 192. The fourth-order valence-corrected chi connectivity index (χ4v) is 0.982. The molecule has 1 nitrogen and oxygen atoms in total. The number of hydrogen-bond donors (Lipinski definition) is 0. The van der Waals surface area contributed by atoms with E-state index in [2.05, 4.69) is 32.3 Å². The maximum Gasteiger partial charge on any atom is 0.0277 e. The van der Waals surface area contributed by atoms with Crippen molar-refractivity contribution in [2.24, 2.45) is 10.4 Å². The first-order valence-corrected chi connectivity index (χ1v) is 4.23. The highest BCUT2D eigenvalue weighted by Gasteiger charge is 2.10. The van der Waals surface area contributed by atoms with Gasteiger partial charge in [0.25, 0.3) is 0 Å². The Morgan fingerprint density at radius 2 is 2.00 bits per heavy atom. The van der Waals surface area contributed by atoms with Gasteiger partial charge in [0.1, 0.15) is 0 Å². The lowest BCUT2D eigenvalue weighted by molar-refractivity contribution is 0.413. The van der Waals surface area contributed by atoms with Crippen molar-refractivity contribution in [3.63, 3.8) is 0 Å². The molecule has 0 aliphatic heterocycles. The predicted molar refractivity (Wildman–Crippen MR) is 56.8 cm³/mol. The second-order valence-corrected chi connectivity index (χ2v) is 4.09. The fraction of sp³-hybridized carbons (Fsp3) is 0.545. The van der Waals surface area contributed by atoms with Gasteiger partial charge < -0.3 is 0 Å². The summed E-state index contributed by atoms with van der Waals surface area (Å²) < 4.78 is 0. The van der Waals surface area contributed by atoms with Crippen LogP contribution in [0.25, 0.3) is 0 Å². The molecular weight excluding hydrogens is 146 g/mol. The molecule has 0 aromatic heterocycles. The van der Waals surface area contributed by atoms with Crippen molar-refractivity contribution >= 4 is 6.21 Å². The van der Waals surface area contributed by atoms with Gasteiger partial charge in [0.2, 0.25) is 0 Å². The molecule has 0 unspecified atom stereocenters. The minimum atomic E-state index is 0.321. The highest BCUT2D eigenvalue weighted by atomic mass is 14.6. The Kier molecular flexibility index (Phi) is 4.57. The predicted octanol–water partition coefficient (Wildman–Crippen LogP) is 3.24. The van der Waals surface area contributed by atoms with E-state index < -0.39 is 0 Å². The average Bonchev–Trinajstić information content (AvgIpc) is 1.95. The van der Waals surface area contributed by atoms with Crippen LogP contribution in [0.4, 0.5) is 0 Å². The quantitative estimate of drug-likeness (QED) is 0.449. The molecule has 0 saturated carbocycles. The van der Waals surface area contributed by atoms with Gasteiger partial charge in [-0.25, -0.2) is 0 Å². The lowest BCUT2D eigenvalue weighted by atomic mass is 9.88. The van der Waals surface area contributed by atoms with E-state index in [9.17, 15) is 0 Å². The van der Waals surface area contributed by atoms with E-state index in [0.717, 1.165) is 6.42 Å². The second-order valence-electron chi connectivity index (χ2n) is 4.09. The highest BCUT2D eigenvalue weighted by Crippen LogP contribution is 2.23. The van der Waals surface area contributed by atoms with Gasteiger partial charge in [-0.1, -0.05) is 33.4 Å². The number of nitrogens with zero attached hydrogens (tertiary/aromatic N) is 1. The third-order valence-electron chi connectivity index (χ3n) is 1.43. The zero-order valence-corrected chi connectivity index (χ0v) is 8.59. The van der Waals surface area contributed by atoms with E-state index in [4.69, 9.17) is 0 Å². The summed E-state index contributed by atoms with van der Waals surface area (Å²) >= 11 is 0. The summed E-state index contributed by atoms with van der Waals surface area (Å²) in [5.41, 5.74) is 1.56. The molecule has 0 aromatic carbocycles. The van der Waals surface area contributed by atoms with Crippen LogP contribution in [-0.4, -0.2) is 13.3 Å². The van der Waals surface area contributed by atoms with E-state index in [1.807, 2.05) is 18.4 Å². The van der Waals surface area contributed by atoms with Crippen LogP contribution in [0.1, 0.15) is 27.2 Å². The number of hydrogen-bond acceptors (Lipinski definition) is 1. The summed E-state index contributed by atoms with van der Waals surface area (Å²) in [5, 5.41) is 0. The Hall–Kier alpha value is -0.850. The summed E-state index contributed by atoms with van der Waals surface area (Å²) in [6, 6.07) is 0. The van der Waals surface area contributed by atoms with E-state index in [-0.39, 0.29) is 0 Å². The van der Waals surface area contributed by atoms with Gasteiger partial charge in [-0.15, -0.1) is 0 Å². The van der Waals surface area contributed by atoms with Crippen LogP contribution in [-0.2, 0) is 0 Å². The normalized spacial score (nSPS) is 13.8. The molecule has 0 aromatic rings. The maximum absolute atomic E-state index is 3.90. The third kappa shape index (κ3) is 5.90. The third-order valence-corrected chi connectivity index (χ3v) is 1.43. The standard InChI is InChI=1S/C11H19N/c1-6-10(7-8-12-5)9-11(2,3)4/h6-8H,1,9H2,2-5H3/b10-7+,12-8-. The molecule has 0 bridgehead atoms. The van der Waals surface area contributed by atoms with Gasteiger partial charge in [0.15, 0.2) is 0 Å². The Labute approximate surface area is 75.9 Å². The SMILES string of the molecule is C=C/C(=C\C=N/C)CC(C)(C)C. The first kappa shape index (κ1) is 11.2. The Morgan fingerprint density at radius 3 is 2.33 bits per heavy atom. The van der Waals surface area contributed by atoms with Crippen molar-refractivity contribution < 1.29 is 0 Å². The molecule has 1 heteroatoms. The molecule has 0 aliphatic carbocycles. The zero-order valence-electron chi connectivity index (χ0n) is 8.59. The van der Waals surface area contributed by atoms with Gasteiger partial charge >= 0.3 is 0 Å². The average molecular weight is 165 g/mol. The van der Waals surface area contributed by atoms with E-state index in [1.54, 1.807) is 7.05 Å². The zero-order chi connectivity index (χ0) is 9.61. The van der Waals surface area contributed by atoms with Gasteiger partial charge in [-0.3, -0.25) is 4.99 Å². The number of rotatable bonds is 3. The molecule has 0 aliphatic rings. The molecule has 12 heavy (non-hydrogen) atoms. The summed E-state index contributed by atoms with van der Waals surface area (Å²) in [7, 11) is 1.77. The molecule has 0 fully saturated rings. The van der Waals surface area contributed by atoms with Crippen molar-refractivity contribution in [3.05, 3.63) is 24.3 Å². The van der Waals surface area contributed by atoms with Gasteiger partial charge in [0.05, 0.1) is 0 Å². The summed E-state index contributed by atoms with van der Waals surface area (Å²) in [6.45, 7) is 10.4. The minimum Gasteiger partial charge on any atom is -0.297 e. The molecule has 0 saturated heterocycles. The van der Waals surface area contributed by atoms with Gasteiger partial charge in [0, 0.05) is 13.3 Å². The lowest BCUT2D eigenvalue weighted by Crippen LogP contribution is -2.05. The first-order chi connectivity index (χ1) is 5.49. The van der Waals surface area contributed by atoms with Crippen molar-refractivity contribution in [2.45, 2.75) is 27.2 Å². The van der Waals surface area contributed by atoms with Gasteiger partial charge in [-0.05, 0) is 23.5 Å². The fourth-order valence-electron chi connectivity index (χ4n) is 0.982. The summed E-state index contributed by atoms with van der Waals surface area (Å²) in [6.07, 6.45) is 6.76. The molecule has 0 atom stereocenters. The Morgan fingerprint density at radius 1 is 1.42 bits per heavy atom. The first-order valence-electron chi connectivity index (χ1n) is 4.23. The van der Waals surface area contributed by atoms with Crippen LogP contribution in [0.15, 0.2) is 29.3 Å². The molecule has 0 heterocycles. The van der Waals surface area contributed by atoms with E-state index in [0.29, 0.717) is 5.41 Å². The van der Waals surface area contributed by atoms with Crippen LogP contribution in [0.3, 0.4) is 0 Å². The molecular formula is C11H19N. The van der Waals surface area contributed by atoms with Crippen molar-refractivity contribution in [2.75, 3.05) is 7.05 Å². The topological polar surface area (TPSA) is 12.4 Å². The molecule has 68 valence electrons. The smallest absolute Gasteiger partial charge is 0.0277 e. The van der Waals surface area contributed by atoms with Crippen LogP contribution < -0.4 is 0 Å². The van der Waals surface area contributed by atoms with Crippen LogP contribution in [0.2, 0.25) is 0 Å². The highest BCUT2D eigenvalue weighted by molar-refractivity contribution is 5.72. The monoisotopic (exact) mass is 165 g/mol. The largest absolute Gasteiger partial charge is 0.297 e. The molecule has 0 spiro atoms. The Balaban J connectivity index is 4.28. The molecule has 0 rings (SSSR count). The van der Waals surface area contributed by atoms with Crippen LogP contribution in [0, 0.1) is 5.41 Å². The van der Waals surface area contributed by atoms with E-state index in [1.165, 1.54) is 5.57 Å². The van der Waals surface area contributed by atoms with Crippen molar-refractivity contribution in [3.8, 4) is 0 Å². The molecule has 0 radical (unpaired) electrons. The summed E-state index contributed by atoms with van der Waals surface area (Å²) in [5.74, 6) is 0. The second kappa shape index (κ2) is 4.91. The lowest BCUT2D eigenvalue weighted by Gasteiger charge is -2.18. The minimum absolute atomic E-state index is 0.321. The van der Waals surface area contributed by atoms with Crippen molar-refractivity contribution in [1.82, 2.24) is 0 Å². The van der Waals surface area contributed by atoms with Crippen molar-refractivity contribution in [1.29, 1.82) is 0 Å². The van der Waals surface area contributed by atoms with Crippen LogP contribution >= 0.6 is 0 Å². The number of aliphatic imine (C=N–C) groups is 1. The van der Waals surface area contributed by atoms with Crippen LogP contribution in [0.5, 0.6) is 0 Å².